The molecule has 0 bridgehead atoms. The maximum atomic E-state index is 12.1. The van der Waals surface area contributed by atoms with E-state index in [1.807, 2.05) is 0 Å². The Morgan fingerprint density at radius 1 is 1.32 bits per heavy atom. The second-order valence-electron chi connectivity index (χ2n) is 5.36. The van der Waals surface area contributed by atoms with Gasteiger partial charge in [-0.05, 0) is 46.6 Å². The van der Waals surface area contributed by atoms with E-state index >= 15 is 0 Å². The first-order valence-corrected chi connectivity index (χ1v) is 8.83. The summed E-state index contributed by atoms with van der Waals surface area (Å²) in [6, 6.07) is 8.52. The van der Waals surface area contributed by atoms with E-state index < -0.39 is 16.8 Å². The monoisotopic (exact) mass is 449 g/mol. The summed E-state index contributed by atoms with van der Waals surface area (Å²) in [5.74, 6) is -0.515. The van der Waals surface area contributed by atoms with Gasteiger partial charge in [0.2, 0.25) is 0 Å². The minimum Gasteiger partial charge on any atom is -0.490 e. The zero-order chi connectivity index (χ0) is 20.7. The highest BCUT2D eigenvalue weighted by atomic mass is 79.9. The van der Waals surface area contributed by atoms with Crippen LogP contribution in [0.5, 0.6) is 11.5 Å². The number of nitro benzene ring substituents is 1. The van der Waals surface area contributed by atoms with Crippen molar-refractivity contribution in [3.8, 4) is 11.5 Å². The van der Waals surface area contributed by atoms with Crippen LogP contribution in [0, 0.1) is 10.1 Å². The van der Waals surface area contributed by atoms with Crippen molar-refractivity contribution >= 4 is 39.7 Å². The standard InChI is InChI=1S/C18H16BrN3O6/c1-3-27-16-8-12(7-15(19)17(16)28-11(2)23)10-20-21-18(24)13-5-4-6-14(9-13)22(25)26/h4-10H,3H2,1-2H3,(H,21,24)/b20-10-. The normalized spacial score (nSPS) is 10.5. The number of ether oxygens (including phenoxy) is 2. The lowest BCUT2D eigenvalue weighted by Gasteiger charge is -2.12. The Hall–Kier alpha value is -3.27. The van der Waals surface area contributed by atoms with Crippen LogP contribution in [-0.2, 0) is 4.79 Å². The van der Waals surface area contributed by atoms with Gasteiger partial charge < -0.3 is 9.47 Å². The van der Waals surface area contributed by atoms with Crippen LogP contribution < -0.4 is 14.9 Å². The number of carbonyl (C=O) groups is 2. The summed E-state index contributed by atoms with van der Waals surface area (Å²) in [7, 11) is 0. The van der Waals surface area contributed by atoms with Gasteiger partial charge in [0.15, 0.2) is 11.5 Å². The lowest BCUT2D eigenvalue weighted by molar-refractivity contribution is -0.384. The lowest BCUT2D eigenvalue weighted by atomic mass is 10.2. The molecule has 1 amide bonds. The molecule has 0 saturated carbocycles. The molecule has 0 saturated heterocycles. The molecule has 1 N–H and O–H groups in total. The number of nitrogens with zero attached hydrogens (tertiary/aromatic N) is 2. The van der Waals surface area contributed by atoms with Crippen LogP contribution in [0.15, 0.2) is 46.0 Å². The Kier molecular flexibility index (Phi) is 7.21. The molecule has 0 unspecified atom stereocenters. The van der Waals surface area contributed by atoms with Crippen molar-refractivity contribution < 1.29 is 24.0 Å². The van der Waals surface area contributed by atoms with Crippen LogP contribution in [-0.4, -0.2) is 29.6 Å². The van der Waals surface area contributed by atoms with Crippen molar-refractivity contribution in [2.75, 3.05) is 6.61 Å². The predicted molar refractivity (Wildman–Crippen MR) is 105 cm³/mol. The molecule has 0 aromatic heterocycles. The molecule has 28 heavy (non-hydrogen) atoms. The largest absolute Gasteiger partial charge is 0.490 e. The molecule has 0 aliphatic heterocycles. The summed E-state index contributed by atoms with van der Waals surface area (Å²) in [6.45, 7) is 3.41. The number of amides is 1. The average Bonchev–Trinajstić information content (AvgIpc) is 2.64. The SMILES string of the molecule is CCOc1cc(/C=N\NC(=O)c2cccc([N+](=O)[O-])c2)cc(Br)c1OC(C)=O. The van der Waals surface area contributed by atoms with E-state index in [1.54, 1.807) is 19.1 Å². The van der Waals surface area contributed by atoms with Crippen molar-refractivity contribution in [2.24, 2.45) is 5.10 Å². The number of esters is 1. The smallest absolute Gasteiger partial charge is 0.308 e. The fourth-order valence-electron chi connectivity index (χ4n) is 2.16. The van der Waals surface area contributed by atoms with Gasteiger partial charge in [-0.15, -0.1) is 0 Å². The molecule has 0 heterocycles. The van der Waals surface area contributed by atoms with Crippen molar-refractivity contribution in [3.05, 3.63) is 62.1 Å². The number of hydrazone groups is 1. The Morgan fingerprint density at radius 2 is 2.07 bits per heavy atom. The Morgan fingerprint density at radius 3 is 2.71 bits per heavy atom. The van der Waals surface area contributed by atoms with Gasteiger partial charge in [0.1, 0.15) is 0 Å². The molecule has 10 heteroatoms. The van der Waals surface area contributed by atoms with Crippen LogP contribution in [0.4, 0.5) is 5.69 Å². The molecule has 0 spiro atoms. The number of nitro groups is 1. The molecule has 0 atom stereocenters. The first-order chi connectivity index (χ1) is 13.3. The summed E-state index contributed by atoms with van der Waals surface area (Å²) in [5, 5.41) is 14.6. The lowest BCUT2D eigenvalue weighted by Crippen LogP contribution is -2.17. The molecule has 0 fully saturated rings. The Labute approximate surface area is 168 Å². The van der Waals surface area contributed by atoms with Crippen molar-refractivity contribution in [3.63, 3.8) is 0 Å². The van der Waals surface area contributed by atoms with E-state index in [0.717, 1.165) is 6.07 Å². The molecule has 9 nitrogen and oxygen atoms in total. The van der Waals surface area contributed by atoms with Gasteiger partial charge >= 0.3 is 5.97 Å². The maximum absolute atomic E-state index is 12.1. The number of non-ortho nitro benzene ring substituents is 1. The second-order valence-corrected chi connectivity index (χ2v) is 6.22. The first-order valence-electron chi connectivity index (χ1n) is 8.04. The molecular formula is C18H16BrN3O6. The van der Waals surface area contributed by atoms with Crippen LogP contribution >= 0.6 is 15.9 Å². The minimum absolute atomic E-state index is 0.104. The van der Waals surface area contributed by atoms with Crippen molar-refractivity contribution in [2.45, 2.75) is 13.8 Å². The third-order valence-electron chi connectivity index (χ3n) is 3.28. The zero-order valence-corrected chi connectivity index (χ0v) is 16.6. The minimum atomic E-state index is -0.597. The van der Waals surface area contributed by atoms with E-state index in [-0.39, 0.29) is 17.0 Å². The topological polar surface area (TPSA) is 120 Å². The molecule has 0 aliphatic carbocycles. The van der Waals surface area contributed by atoms with E-state index in [4.69, 9.17) is 9.47 Å². The van der Waals surface area contributed by atoms with Gasteiger partial charge in [0.25, 0.3) is 11.6 Å². The Balaban J connectivity index is 2.17. The molecule has 2 aromatic rings. The molecular weight excluding hydrogens is 434 g/mol. The quantitative estimate of drug-likeness (QED) is 0.227. The average molecular weight is 450 g/mol. The number of benzene rings is 2. The number of nitrogens with one attached hydrogen (secondary N) is 1. The van der Waals surface area contributed by atoms with Gasteiger partial charge in [-0.3, -0.25) is 19.7 Å². The number of rotatable bonds is 7. The highest BCUT2D eigenvalue weighted by Crippen LogP contribution is 2.36. The number of halogens is 1. The third-order valence-corrected chi connectivity index (χ3v) is 3.87. The summed E-state index contributed by atoms with van der Waals surface area (Å²) < 4.78 is 11.1. The van der Waals surface area contributed by atoms with Crippen LogP contribution in [0.1, 0.15) is 29.8 Å². The van der Waals surface area contributed by atoms with Crippen molar-refractivity contribution in [1.29, 1.82) is 0 Å². The molecule has 2 aromatic carbocycles. The molecule has 0 radical (unpaired) electrons. The molecule has 146 valence electrons. The summed E-state index contributed by atoms with van der Waals surface area (Å²) in [6.07, 6.45) is 1.36. The number of hydrogen-bond acceptors (Lipinski definition) is 7. The summed E-state index contributed by atoms with van der Waals surface area (Å²) >= 11 is 3.31. The van der Waals surface area contributed by atoms with Crippen LogP contribution in [0.2, 0.25) is 0 Å². The van der Waals surface area contributed by atoms with E-state index in [2.05, 4.69) is 26.5 Å². The van der Waals surface area contributed by atoms with Gasteiger partial charge in [0, 0.05) is 24.6 Å². The predicted octanol–water partition coefficient (Wildman–Crippen LogP) is 3.45. The van der Waals surface area contributed by atoms with Crippen molar-refractivity contribution in [1.82, 2.24) is 5.43 Å². The summed E-state index contributed by atoms with van der Waals surface area (Å²) in [5.41, 5.74) is 2.77. The van der Waals surface area contributed by atoms with E-state index in [9.17, 15) is 19.7 Å². The highest BCUT2D eigenvalue weighted by molar-refractivity contribution is 9.10. The van der Waals surface area contributed by atoms with Crippen LogP contribution in [0.25, 0.3) is 0 Å². The fraction of sp³-hybridized carbons (Fsp3) is 0.167. The number of hydrogen-bond donors (Lipinski definition) is 1. The second kappa shape index (κ2) is 9.60. The number of carbonyl (C=O) groups excluding carboxylic acids is 2. The zero-order valence-electron chi connectivity index (χ0n) is 15.0. The fourth-order valence-corrected chi connectivity index (χ4v) is 2.70. The third kappa shape index (κ3) is 5.61. The maximum Gasteiger partial charge on any atom is 0.308 e. The highest BCUT2D eigenvalue weighted by Gasteiger charge is 2.14. The van der Waals surface area contributed by atoms with Gasteiger partial charge in [-0.2, -0.15) is 5.10 Å². The van der Waals surface area contributed by atoms with Gasteiger partial charge in [0.05, 0.1) is 22.2 Å². The molecule has 0 aliphatic rings. The van der Waals surface area contributed by atoms with E-state index in [0.29, 0.717) is 22.4 Å². The van der Waals surface area contributed by atoms with Gasteiger partial charge in [-0.25, -0.2) is 5.43 Å². The Bertz CT molecular complexity index is 945. The first kappa shape index (κ1) is 21.0. The van der Waals surface area contributed by atoms with E-state index in [1.165, 1.54) is 31.3 Å². The summed E-state index contributed by atoms with van der Waals surface area (Å²) in [4.78, 5) is 33.5. The molecule has 2 rings (SSSR count). The van der Waals surface area contributed by atoms with Gasteiger partial charge in [-0.1, -0.05) is 6.07 Å². The van der Waals surface area contributed by atoms with Crippen LogP contribution in [0.3, 0.4) is 0 Å².